The number of halogens is 1. The molecule has 6 nitrogen and oxygen atoms in total. The summed E-state index contributed by atoms with van der Waals surface area (Å²) in [6, 6.07) is 9.81. The lowest BCUT2D eigenvalue weighted by Gasteiger charge is -2.23. The molecular formula is C18H18FN5O. The van der Waals surface area contributed by atoms with Crippen molar-refractivity contribution in [1.29, 1.82) is 0 Å². The average molecular weight is 339 g/mol. The van der Waals surface area contributed by atoms with E-state index in [-0.39, 0.29) is 17.8 Å². The van der Waals surface area contributed by atoms with Gasteiger partial charge in [-0.05, 0) is 43.2 Å². The Morgan fingerprint density at radius 2 is 2.16 bits per heavy atom. The van der Waals surface area contributed by atoms with Crippen molar-refractivity contribution < 1.29 is 9.18 Å². The van der Waals surface area contributed by atoms with Gasteiger partial charge in [-0.25, -0.2) is 9.07 Å². The lowest BCUT2D eigenvalue weighted by Crippen LogP contribution is -2.38. The zero-order valence-electron chi connectivity index (χ0n) is 13.6. The molecular weight excluding hydrogens is 321 g/mol. The molecule has 1 fully saturated rings. The van der Waals surface area contributed by atoms with Crippen molar-refractivity contribution in [2.45, 2.75) is 25.4 Å². The van der Waals surface area contributed by atoms with Gasteiger partial charge in [0.25, 0.3) is 5.91 Å². The molecule has 0 N–H and O–H groups in total. The standard InChI is InChI=1S/C18H18FN5O/c19-14-4-1-5-15(12-14)24-11-7-17(21-24)18(25)23-10-2-6-16(23)13-22-9-3-8-20-22/h1,3-5,7-9,11-12,16H,2,6,10,13H2/t16-/m0/s1. The molecule has 1 aliphatic rings. The van der Waals surface area contributed by atoms with E-state index in [4.69, 9.17) is 0 Å². The van der Waals surface area contributed by atoms with Crippen molar-refractivity contribution in [3.05, 3.63) is 66.5 Å². The molecule has 0 saturated carbocycles. The first kappa shape index (κ1) is 15.6. The van der Waals surface area contributed by atoms with Crippen molar-refractivity contribution in [3.63, 3.8) is 0 Å². The van der Waals surface area contributed by atoms with Crippen LogP contribution in [0.15, 0.2) is 55.0 Å². The van der Waals surface area contributed by atoms with Crippen LogP contribution in [0, 0.1) is 5.82 Å². The van der Waals surface area contributed by atoms with Crippen LogP contribution >= 0.6 is 0 Å². The number of hydrogen-bond acceptors (Lipinski definition) is 3. The van der Waals surface area contributed by atoms with Crippen LogP contribution in [0.5, 0.6) is 0 Å². The summed E-state index contributed by atoms with van der Waals surface area (Å²) in [6.45, 7) is 1.40. The van der Waals surface area contributed by atoms with E-state index >= 15 is 0 Å². The molecule has 7 heteroatoms. The van der Waals surface area contributed by atoms with Gasteiger partial charge in [-0.3, -0.25) is 9.48 Å². The van der Waals surface area contributed by atoms with E-state index in [2.05, 4.69) is 10.2 Å². The maximum absolute atomic E-state index is 13.4. The molecule has 4 rings (SSSR count). The van der Waals surface area contributed by atoms with E-state index in [1.807, 2.05) is 21.8 Å². The van der Waals surface area contributed by atoms with Crippen LogP contribution in [0.3, 0.4) is 0 Å². The minimum Gasteiger partial charge on any atom is -0.332 e. The Morgan fingerprint density at radius 3 is 2.96 bits per heavy atom. The first-order valence-electron chi connectivity index (χ1n) is 8.31. The molecule has 0 spiro atoms. The molecule has 0 unspecified atom stereocenters. The molecule has 2 aromatic heterocycles. The quantitative estimate of drug-likeness (QED) is 0.734. The van der Waals surface area contributed by atoms with Gasteiger partial charge >= 0.3 is 0 Å². The predicted octanol–water partition coefficient (Wildman–Crippen LogP) is 2.51. The fraction of sp³-hybridized carbons (Fsp3) is 0.278. The SMILES string of the molecule is O=C(c1ccn(-c2cccc(F)c2)n1)N1CCC[C@H]1Cn1cccn1. The highest BCUT2D eigenvalue weighted by molar-refractivity contribution is 5.92. The van der Waals surface area contributed by atoms with Gasteiger partial charge in [-0.1, -0.05) is 6.07 Å². The number of hydrogen-bond donors (Lipinski definition) is 0. The van der Waals surface area contributed by atoms with Crippen LogP contribution in [-0.4, -0.2) is 43.0 Å². The summed E-state index contributed by atoms with van der Waals surface area (Å²) in [5.41, 5.74) is 0.963. The van der Waals surface area contributed by atoms with Crippen LogP contribution in [0.2, 0.25) is 0 Å². The van der Waals surface area contributed by atoms with E-state index in [9.17, 15) is 9.18 Å². The Balaban J connectivity index is 1.52. The molecule has 0 radical (unpaired) electrons. The van der Waals surface area contributed by atoms with Crippen molar-refractivity contribution in [1.82, 2.24) is 24.5 Å². The van der Waals surface area contributed by atoms with Gasteiger partial charge in [0, 0.05) is 25.1 Å². The number of amides is 1. The fourth-order valence-electron chi connectivity index (χ4n) is 3.26. The van der Waals surface area contributed by atoms with Crippen LogP contribution in [0.25, 0.3) is 5.69 Å². The summed E-state index contributed by atoms with van der Waals surface area (Å²) in [7, 11) is 0. The van der Waals surface area contributed by atoms with Gasteiger partial charge in [-0.2, -0.15) is 10.2 Å². The maximum Gasteiger partial charge on any atom is 0.274 e. The summed E-state index contributed by atoms with van der Waals surface area (Å²) in [4.78, 5) is 14.7. The summed E-state index contributed by atoms with van der Waals surface area (Å²) in [6.07, 6.45) is 7.25. The Hall–Kier alpha value is -2.96. The third kappa shape index (κ3) is 3.17. The summed E-state index contributed by atoms with van der Waals surface area (Å²) < 4.78 is 16.7. The highest BCUT2D eigenvalue weighted by Crippen LogP contribution is 2.21. The van der Waals surface area contributed by atoms with Gasteiger partial charge in [0.15, 0.2) is 5.69 Å². The van der Waals surface area contributed by atoms with Gasteiger partial charge < -0.3 is 4.90 Å². The second-order valence-electron chi connectivity index (χ2n) is 6.15. The average Bonchev–Trinajstić information content (AvgIpc) is 3.36. The lowest BCUT2D eigenvalue weighted by atomic mass is 10.2. The highest BCUT2D eigenvalue weighted by atomic mass is 19.1. The summed E-state index contributed by atoms with van der Waals surface area (Å²) in [5.74, 6) is -0.426. The minimum atomic E-state index is -0.334. The number of likely N-dealkylation sites (tertiary alicyclic amines) is 1. The van der Waals surface area contributed by atoms with Crippen molar-refractivity contribution >= 4 is 5.91 Å². The smallest absolute Gasteiger partial charge is 0.274 e. The second kappa shape index (κ2) is 6.51. The Morgan fingerprint density at radius 1 is 1.24 bits per heavy atom. The largest absolute Gasteiger partial charge is 0.332 e. The highest BCUT2D eigenvalue weighted by Gasteiger charge is 2.30. The van der Waals surface area contributed by atoms with Crippen LogP contribution in [0.4, 0.5) is 4.39 Å². The van der Waals surface area contributed by atoms with E-state index < -0.39 is 0 Å². The summed E-state index contributed by atoms with van der Waals surface area (Å²) in [5, 5.41) is 8.56. The molecule has 1 atom stereocenters. The third-order valence-corrected chi connectivity index (χ3v) is 4.48. The molecule has 1 aromatic carbocycles. The third-order valence-electron chi connectivity index (χ3n) is 4.48. The van der Waals surface area contributed by atoms with Crippen LogP contribution in [0.1, 0.15) is 23.3 Å². The van der Waals surface area contributed by atoms with E-state index in [1.165, 1.54) is 16.8 Å². The molecule has 0 bridgehead atoms. The topological polar surface area (TPSA) is 56.0 Å². The molecule has 1 amide bonds. The Kier molecular flexibility index (Phi) is 4.05. The molecule has 25 heavy (non-hydrogen) atoms. The molecule has 128 valence electrons. The second-order valence-corrected chi connectivity index (χ2v) is 6.15. The number of carbonyl (C=O) groups excluding carboxylic acids is 1. The van der Waals surface area contributed by atoms with Crippen molar-refractivity contribution in [2.75, 3.05) is 6.54 Å². The van der Waals surface area contributed by atoms with Crippen LogP contribution in [-0.2, 0) is 6.54 Å². The lowest BCUT2D eigenvalue weighted by molar-refractivity contribution is 0.0715. The normalized spacial score (nSPS) is 17.2. The first-order valence-corrected chi connectivity index (χ1v) is 8.31. The van der Waals surface area contributed by atoms with Gasteiger partial charge in [0.05, 0.1) is 18.3 Å². The van der Waals surface area contributed by atoms with Gasteiger partial charge in [0.2, 0.25) is 0 Å². The zero-order chi connectivity index (χ0) is 17.2. The van der Waals surface area contributed by atoms with Crippen LogP contribution < -0.4 is 0 Å². The molecule has 3 heterocycles. The minimum absolute atomic E-state index is 0.0928. The summed E-state index contributed by atoms with van der Waals surface area (Å²) >= 11 is 0. The Bertz CT molecular complexity index is 873. The number of aromatic nitrogens is 4. The predicted molar refractivity (Wildman–Crippen MR) is 89.8 cm³/mol. The molecule has 0 aliphatic carbocycles. The fourth-order valence-corrected chi connectivity index (χ4v) is 3.26. The van der Waals surface area contributed by atoms with Crippen molar-refractivity contribution in [3.8, 4) is 5.69 Å². The monoisotopic (exact) mass is 339 g/mol. The number of carbonyl (C=O) groups is 1. The van der Waals surface area contributed by atoms with E-state index in [1.54, 1.807) is 30.6 Å². The zero-order valence-corrected chi connectivity index (χ0v) is 13.6. The molecule has 3 aromatic rings. The van der Waals surface area contributed by atoms with Crippen molar-refractivity contribution in [2.24, 2.45) is 0 Å². The molecule has 1 saturated heterocycles. The maximum atomic E-state index is 13.4. The Labute approximate surface area is 144 Å². The van der Waals surface area contributed by atoms with Gasteiger partial charge in [0.1, 0.15) is 5.82 Å². The number of nitrogens with zero attached hydrogens (tertiary/aromatic N) is 5. The van der Waals surface area contributed by atoms with Gasteiger partial charge in [-0.15, -0.1) is 0 Å². The first-order chi connectivity index (χ1) is 12.2. The van der Waals surface area contributed by atoms with E-state index in [0.717, 1.165) is 19.4 Å². The number of benzene rings is 1. The molecule has 1 aliphatic heterocycles. The number of rotatable bonds is 4. The van der Waals surface area contributed by atoms with E-state index in [0.29, 0.717) is 17.9 Å².